The van der Waals surface area contributed by atoms with E-state index in [-0.39, 0.29) is 5.91 Å². The third-order valence-electron chi connectivity index (χ3n) is 6.95. The number of carbonyl (C=O) groups is 1. The first-order valence-corrected chi connectivity index (χ1v) is 11.1. The average Bonchev–Trinajstić information content (AvgIpc) is 2.83. The second-order valence-corrected chi connectivity index (χ2v) is 8.70. The number of aliphatic hydroxyl groups is 2. The lowest BCUT2D eigenvalue weighted by molar-refractivity contribution is -0.0348. The van der Waals surface area contributed by atoms with Crippen LogP contribution in [0.2, 0.25) is 0 Å². The monoisotopic (exact) mass is 432 g/mol. The van der Waals surface area contributed by atoms with Crippen molar-refractivity contribution in [2.45, 2.75) is 24.7 Å². The average molecular weight is 433 g/mol. The first kappa shape index (κ1) is 20.9. The van der Waals surface area contributed by atoms with Gasteiger partial charge in [0.25, 0.3) is 5.91 Å². The van der Waals surface area contributed by atoms with Gasteiger partial charge in [-0.25, -0.2) is 0 Å². The summed E-state index contributed by atoms with van der Waals surface area (Å²) >= 11 is 0. The highest BCUT2D eigenvalue weighted by molar-refractivity contribution is 6.10. The van der Waals surface area contributed by atoms with Crippen LogP contribution in [0.4, 0.5) is 0 Å². The van der Waals surface area contributed by atoms with E-state index in [4.69, 9.17) is 4.74 Å². The van der Waals surface area contributed by atoms with Gasteiger partial charge in [-0.15, -0.1) is 0 Å². The summed E-state index contributed by atoms with van der Waals surface area (Å²) in [7, 11) is 1.62. The molecular formula is C26H28N2O4. The van der Waals surface area contributed by atoms with Crippen molar-refractivity contribution in [3.63, 3.8) is 0 Å². The second-order valence-electron chi connectivity index (χ2n) is 8.70. The number of hydrogen-bond donors (Lipinski definition) is 2. The van der Waals surface area contributed by atoms with Gasteiger partial charge in [-0.1, -0.05) is 48.5 Å². The minimum Gasteiger partial charge on any atom is -0.496 e. The molecule has 0 spiro atoms. The predicted octanol–water partition coefficient (Wildman–Crippen LogP) is 3.28. The molecule has 1 amide bonds. The molecule has 6 heteroatoms. The Kier molecular flexibility index (Phi) is 5.37. The van der Waals surface area contributed by atoms with Crippen molar-refractivity contribution < 1.29 is 19.7 Å². The first-order valence-electron chi connectivity index (χ1n) is 11.1. The highest BCUT2D eigenvalue weighted by Crippen LogP contribution is 2.38. The minimum atomic E-state index is -0.948. The second kappa shape index (κ2) is 8.20. The first-order chi connectivity index (χ1) is 15.5. The smallest absolute Gasteiger partial charge is 0.256 e. The zero-order chi connectivity index (χ0) is 22.3. The SMILES string of the molecule is COc1ccccc1C1(O)CCN(CCN2C(=O)c3cccc4cccc(c34)C2O)CC1. The Balaban J connectivity index is 1.27. The molecule has 1 atom stereocenters. The van der Waals surface area contributed by atoms with Crippen molar-refractivity contribution in [3.05, 3.63) is 77.4 Å². The molecule has 32 heavy (non-hydrogen) atoms. The van der Waals surface area contributed by atoms with Crippen LogP contribution in [0, 0.1) is 0 Å². The molecule has 0 radical (unpaired) electrons. The summed E-state index contributed by atoms with van der Waals surface area (Å²) in [6.45, 7) is 2.48. The van der Waals surface area contributed by atoms with E-state index in [2.05, 4.69) is 4.90 Å². The summed E-state index contributed by atoms with van der Waals surface area (Å²) in [5.41, 5.74) is 1.33. The maximum absolute atomic E-state index is 13.1. The Hall–Kier alpha value is -2.93. The summed E-state index contributed by atoms with van der Waals surface area (Å²) in [6.07, 6.45) is 0.231. The Morgan fingerprint density at radius 1 is 1.00 bits per heavy atom. The van der Waals surface area contributed by atoms with Crippen LogP contribution >= 0.6 is 0 Å². The number of piperidine rings is 1. The van der Waals surface area contributed by atoms with Crippen molar-refractivity contribution in [2.75, 3.05) is 33.3 Å². The van der Waals surface area contributed by atoms with Crippen molar-refractivity contribution in [1.82, 2.24) is 9.80 Å². The third-order valence-corrected chi connectivity index (χ3v) is 6.95. The Labute approximate surface area is 187 Å². The highest BCUT2D eigenvalue weighted by Gasteiger charge is 2.37. The highest BCUT2D eigenvalue weighted by atomic mass is 16.5. The molecule has 0 aliphatic carbocycles. The van der Waals surface area contributed by atoms with Gasteiger partial charge in [-0.05, 0) is 30.4 Å². The van der Waals surface area contributed by atoms with Gasteiger partial charge in [-0.2, -0.15) is 0 Å². The normalized spacial score (nSPS) is 20.5. The van der Waals surface area contributed by atoms with Gasteiger partial charge in [-0.3, -0.25) is 4.79 Å². The van der Waals surface area contributed by atoms with E-state index in [0.29, 0.717) is 50.3 Å². The molecule has 2 heterocycles. The van der Waals surface area contributed by atoms with E-state index < -0.39 is 11.8 Å². The minimum absolute atomic E-state index is 0.135. The number of likely N-dealkylation sites (tertiary alicyclic amines) is 1. The van der Waals surface area contributed by atoms with E-state index in [1.54, 1.807) is 12.0 Å². The van der Waals surface area contributed by atoms with E-state index >= 15 is 0 Å². The van der Waals surface area contributed by atoms with E-state index in [0.717, 1.165) is 21.9 Å². The number of amides is 1. The quantitative estimate of drug-likeness (QED) is 0.647. The fourth-order valence-electron chi connectivity index (χ4n) is 5.12. The molecule has 2 N–H and O–H groups in total. The number of benzene rings is 3. The Bertz CT molecular complexity index is 1150. The van der Waals surface area contributed by atoms with Crippen LogP contribution in [-0.4, -0.2) is 59.2 Å². The zero-order valence-electron chi connectivity index (χ0n) is 18.2. The topological polar surface area (TPSA) is 73.2 Å². The van der Waals surface area contributed by atoms with Crippen molar-refractivity contribution in [1.29, 1.82) is 0 Å². The number of hydrogen-bond acceptors (Lipinski definition) is 5. The predicted molar refractivity (Wildman–Crippen MR) is 123 cm³/mol. The maximum Gasteiger partial charge on any atom is 0.256 e. The van der Waals surface area contributed by atoms with Gasteiger partial charge in [0.15, 0.2) is 6.23 Å². The van der Waals surface area contributed by atoms with Crippen molar-refractivity contribution >= 4 is 16.7 Å². The fraction of sp³-hybridized carbons (Fsp3) is 0.346. The van der Waals surface area contributed by atoms with Gasteiger partial charge in [0, 0.05) is 48.3 Å². The summed E-state index contributed by atoms with van der Waals surface area (Å²) < 4.78 is 5.45. The van der Waals surface area contributed by atoms with Crippen LogP contribution in [0.3, 0.4) is 0 Å². The number of ether oxygens (including phenoxy) is 1. The van der Waals surface area contributed by atoms with E-state index in [1.807, 2.05) is 60.7 Å². The molecule has 2 aliphatic rings. The maximum atomic E-state index is 13.1. The van der Waals surface area contributed by atoms with Gasteiger partial charge < -0.3 is 24.7 Å². The number of carbonyl (C=O) groups excluding carboxylic acids is 1. The lowest BCUT2D eigenvalue weighted by atomic mass is 9.84. The Morgan fingerprint density at radius 3 is 2.47 bits per heavy atom. The molecule has 0 aromatic heterocycles. The van der Waals surface area contributed by atoms with Gasteiger partial charge in [0.1, 0.15) is 5.75 Å². The summed E-state index contributed by atoms with van der Waals surface area (Å²) in [5.74, 6) is 0.572. The number of methoxy groups -OCH3 is 1. The van der Waals surface area contributed by atoms with Crippen LogP contribution in [0.5, 0.6) is 5.75 Å². The Morgan fingerprint density at radius 2 is 1.72 bits per heavy atom. The van der Waals surface area contributed by atoms with Crippen molar-refractivity contribution in [3.8, 4) is 5.75 Å². The molecule has 3 aromatic carbocycles. The summed E-state index contributed by atoms with van der Waals surface area (Å²) in [4.78, 5) is 16.9. The van der Waals surface area contributed by atoms with E-state index in [1.165, 1.54) is 0 Å². The van der Waals surface area contributed by atoms with Gasteiger partial charge in [0.05, 0.1) is 12.7 Å². The lowest BCUT2D eigenvalue weighted by Gasteiger charge is -2.40. The van der Waals surface area contributed by atoms with Crippen LogP contribution in [0.15, 0.2) is 60.7 Å². The molecule has 1 saturated heterocycles. The molecule has 1 unspecified atom stereocenters. The molecule has 5 rings (SSSR count). The largest absolute Gasteiger partial charge is 0.496 e. The van der Waals surface area contributed by atoms with Crippen LogP contribution < -0.4 is 4.74 Å². The summed E-state index contributed by atoms with van der Waals surface area (Å²) in [6, 6.07) is 19.1. The van der Waals surface area contributed by atoms with Crippen LogP contribution in [-0.2, 0) is 5.60 Å². The van der Waals surface area contributed by atoms with Crippen molar-refractivity contribution in [2.24, 2.45) is 0 Å². The van der Waals surface area contributed by atoms with Crippen LogP contribution in [0.1, 0.15) is 40.6 Å². The van der Waals surface area contributed by atoms with Gasteiger partial charge in [0.2, 0.25) is 0 Å². The molecule has 166 valence electrons. The molecule has 0 saturated carbocycles. The lowest BCUT2D eigenvalue weighted by Crippen LogP contribution is -2.47. The number of nitrogens with zero attached hydrogens (tertiary/aromatic N) is 2. The van der Waals surface area contributed by atoms with E-state index in [9.17, 15) is 15.0 Å². The molecule has 6 nitrogen and oxygen atoms in total. The fourth-order valence-corrected chi connectivity index (χ4v) is 5.12. The standard InChI is InChI=1S/C26H28N2O4/c1-32-22-11-3-2-10-21(22)26(31)12-14-27(15-13-26)16-17-28-24(29)19-8-4-6-18-7-5-9-20(23(18)19)25(28)30/h2-11,24,29,31H,12-17H2,1H3. The third kappa shape index (κ3) is 3.45. The molecule has 0 bridgehead atoms. The number of para-hydroxylation sites is 1. The molecule has 2 aliphatic heterocycles. The van der Waals surface area contributed by atoms with Gasteiger partial charge >= 0.3 is 0 Å². The number of rotatable bonds is 5. The molecule has 3 aromatic rings. The summed E-state index contributed by atoms with van der Waals surface area (Å²) in [5, 5.41) is 24.0. The van der Waals surface area contributed by atoms with Crippen LogP contribution in [0.25, 0.3) is 10.8 Å². The number of aliphatic hydroxyl groups excluding tert-OH is 1. The molecular weight excluding hydrogens is 404 g/mol. The zero-order valence-corrected chi connectivity index (χ0v) is 18.2. The molecule has 1 fully saturated rings.